The Labute approximate surface area is 198 Å². The molecule has 3 heterocycles. The Kier molecular flexibility index (Phi) is 5.91. The number of likely N-dealkylation sites (tertiary alicyclic amines) is 1. The SMILES string of the molecule is N#CC1=C(N)c2cc(CN3CCC(Nc4ncnc5sc(CC(F)(F)F)cc45)CC3)ccc2C1. The van der Waals surface area contributed by atoms with Crippen LogP contribution in [0.25, 0.3) is 15.9 Å². The van der Waals surface area contributed by atoms with E-state index < -0.39 is 12.6 Å². The van der Waals surface area contributed by atoms with Gasteiger partial charge in [0, 0.05) is 42.5 Å². The predicted molar refractivity (Wildman–Crippen MR) is 126 cm³/mol. The number of benzene rings is 1. The van der Waals surface area contributed by atoms with Crippen molar-refractivity contribution in [1.82, 2.24) is 14.9 Å². The second-order valence-electron chi connectivity index (χ2n) is 8.81. The third-order valence-corrected chi connectivity index (χ3v) is 7.42. The Hall–Kier alpha value is -3.16. The van der Waals surface area contributed by atoms with Crippen molar-refractivity contribution in [2.75, 3.05) is 18.4 Å². The van der Waals surface area contributed by atoms with Crippen LogP contribution in [0.5, 0.6) is 0 Å². The Bertz CT molecular complexity index is 1300. The molecule has 6 nitrogen and oxygen atoms in total. The molecule has 0 saturated carbocycles. The summed E-state index contributed by atoms with van der Waals surface area (Å²) in [6.45, 7) is 2.58. The molecule has 10 heteroatoms. The van der Waals surface area contributed by atoms with Crippen molar-refractivity contribution in [2.24, 2.45) is 5.73 Å². The van der Waals surface area contributed by atoms with Gasteiger partial charge in [-0.1, -0.05) is 12.1 Å². The van der Waals surface area contributed by atoms with Crippen molar-refractivity contribution in [3.05, 3.63) is 57.7 Å². The number of nitrogens with zero attached hydrogens (tertiary/aromatic N) is 4. The first-order valence-electron chi connectivity index (χ1n) is 11.1. The minimum absolute atomic E-state index is 0.192. The van der Waals surface area contributed by atoms with Gasteiger partial charge in [-0.05, 0) is 36.1 Å². The fourth-order valence-corrected chi connectivity index (χ4v) is 5.69. The highest BCUT2D eigenvalue weighted by Crippen LogP contribution is 2.33. The topological polar surface area (TPSA) is 90.9 Å². The number of fused-ring (bicyclic) bond motifs is 2. The summed E-state index contributed by atoms with van der Waals surface area (Å²) in [5.41, 5.74) is 10.6. The summed E-state index contributed by atoms with van der Waals surface area (Å²) in [6.07, 6.45) is -1.39. The second kappa shape index (κ2) is 8.89. The number of allylic oxidation sites excluding steroid dienone is 1. The molecule has 0 amide bonds. The molecule has 1 aliphatic carbocycles. The molecule has 0 spiro atoms. The van der Waals surface area contributed by atoms with Crippen LogP contribution >= 0.6 is 11.3 Å². The van der Waals surface area contributed by atoms with Crippen molar-refractivity contribution in [2.45, 2.75) is 44.4 Å². The molecular formula is C24H23F3N6S. The van der Waals surface area contributed by atoms with Crippen LogP contribution in [0.3, 0.4) is 0 Å². The van der Waals surface area contributed by atoms with Gasteiger partial charge in [-0.25, -0.2) is 9.97 Å². The molecule has 0 radical (unpaired) electrons. The first-order chi connectivity index (χ1) is 16.3. The van der Waals surface area contributed by atoms with Crippen molar-refractivity contribution < 1.29 is 13.2 Å². The maximum absolute atomic E-state index is 12.8. The van der Waals surface area contributed by atoms with E-state index in [0.717, 1.165) is 54.9 Å². The lowest BCUT2D eigenvalue weighted by molar-refractivity contribution is -0.126. The van der Waals surface area contributed by atoms with E-state index in [9.17, 15) is 18.4 Å². The molecule has 1 aliphatic heterocycles. The zero-order valence-corrected chi connectivity index (χ0v) is 19.1. The molecular weight excluding hydrogens is 461 g/mol. The fraction of sp³-hybridized carbons (Fsp3) is 0.375. The summed E-state index contributed by atoms with van der Waals surface area (Å²) in [5.74, 6) is 0.599. The molecule has 3 N–H and O–H groups in total. The molecule has 34 heavy (non-hydrogen) atoms. The lowest BCUT2D eigenvalue weighted by atomic mass is 10.0. The van der Waals surface area contributed by atoms with E-state index in [1.807, 2.05) is 0 Å². The summed E-state index contributed by atoms with van der Waals surface area (Å²) >= 11 is 1.06. The normalized spacial score (nSPS) is 17.2. The van der Waals surface area contributed by atoms with Crippen molar-refractivity contribution in [3.63, 3.8) is 0 Å². The number of nitriles is 1. The average molecular weight is 485 g/mol. The fourth-order valence-electron chi connectivity index (χ4n) is 4.67. The summed E-state index contributed by atoms with van der Waals surface area (Å²) in [7, 11) is 0. The summed E-state index contributed by atoms with van der Waals surface area (Å²) < 4.78 is 38.3. The molecule has 0 atom stereocenters. The van der Waals surface area contributed by atoms with Gasteiger partial charge < -0.3 is 11.1 Å². The minimum atomic E-state index is -4.24. The summed E-state index contributed by atoms with van der Waals surface area (Å²) in [5, 5.41) is 13.3. The number of thiophene rings is 1. The van der Waals surface area contributed by atoms with Gasteiger partial charge in [0.1, 0.15) is 17.0 Å². The van der Waals surface area contributed by atoms with Gasteiger partial charge in [-0.15, -0.1) is 11.3 Å². The lowest BCUT2D eigenvalue weighted by Crippen LogP contribution is -2.38. The molecule has 1 aromatic carbocycles. The smallest absolute Gasteiger partial charge is 0.393 e. The Morgan fingerprint density at radius 3 is 2.74 bits per heavy atom. The number of hydrogen-bond acceptors (Lipinski definition) is 7. The van der Waals surface area contributed by atoms with Crippen LogP contribution in [-0.4, -0.2) is 40.2 Å². The van der Waals surface area contributed by atoms with E-state index in [1.54, 1.807) is 6.07 Å². The first-order valence-corrected chi connectivity index (χ1v) is 11.9. The zero-order valence-electron chi connectivity index (χ0n) is 18.3. The van der Waals surface area contributed by atoms with Gasteiger partial charge in [0.05, 0.1) is 29.1 Å². The highest BCUT2D eigenvalue weighted by Gasteiger charge is 2.29. The Morgan fingerprint density at radius 2 is 2.00 bits per heavy atom. The number of nitrogens with two attached hydrogens (primary N) is 1. The number of rotatable bonds is 5. The first kappa shape index (κ1) is 22.6. The van der Waals surface area contributed by atoms with Crippen molar-refractivity contribution in [3.8, 4) is 6.07 Å². The molecule has 2 aliphatic rings. The summed E-state index contributed by atoms with van der Waals surface area (Å²) in [6, 6.07) is 10.2. The quantitative estimate of drug-likeness (QED) is 0.549. The second-order valence-corrected chi connectivity index (χ2v) is 9.93. The number of nitrogens with one attached hydrogen (secondary N) is 1. The van der Waals surface area contributed by atoms with Crippen LogP contribution in [0.4, 0.5) is 19.0 Å². The van der Waals surface area contributed by atoms with Crippen LogP contribution in [0, 0.1) is 11.3 Å². The zero-order chi connectivity index (χ0) is 23.9. The van der Waals surface area contributed by atoms with Crippen molar-refractivity contribution >= 4 is 33.1 Å². The largest absolute Gasteiger partial charge is 0.397 e. The van der Waals surface area contributed by atoms with E-state index in [-0.39, 0.29) is 10.9 Å². The van der Waals surface area contributed by atoms with Gasteiger partial charge in [-0.2, -0.15) is 18.4 Å². The van der Waals surface area contributed by atoms with Crippen LogP contribution < -0.4 is 11.1 Å². The highest BCUT2D eigenvalue weighted by molar-refractivity contribution is 7.18. The van der Waals surface area contributed by atoms with Crippen LogP contribution in [0.15, 0.2) is 36.2 Å². The molecule has 0 unspecified atom stereocenters. The van der Waals surface area contributed by atoms with Gasteiger partial charge in [0.25, 0.3) is 0 Å². The number of halogens is 3. The lowest BCUT2D eigenvalue weighted by Gasteiger charge is -2.32. The van der Waals surface area contributed by atoms with Crippen LogP contribution in [0.2, 0.25) is 0 Å². The molecule has 1 saturated heterocycles. The monoisotopic (exact) mass is 484 g/mol. The molecule has 1 fully saturated rings. The number of piperidine rings is 1. The molecule has 5 rings (SSSR count). The summed E-state index contributed by atoms with van der Waals surface area (Å²) in [4.78, 5) is 11.6. The van der Waals surface area contributed by atoms with Crippen LogP contribution in [0.1, 0.15) is 34.4 Å². The van der Waals surface area contributed by atoms with E-state index >= 15 is 0 Å². The Morgan fingerprint density at radius 1 is 1.21 bits per heavy atom. The number of aromatic nitrogens is 2. The predicted octanol–water partition coefficient (Wildman–Crippen LogP) is 4.62. The molecule has 2 aromatic heterocycles. The maximum atomic E-state index is 12.8. The van der Waals surface area contributed by atoms with Crippen LogP contribution in [-0.2, 0) is 19.4 Å². The van der Waals surface area contributed by atoms with E-state index in [4.69, 9.17) is 5.73 Å². The van der Waals surface area contributed by atoms with Gasteiger partial charge in [0.15, 0.2) is 0 Å². The van der Waals surface area contributed by atoms with E-state index in [0.29, 0.717) is 33.7 Å². The third-order valence-electron chi connectivity index (χ3n) is 6.38. The number of hydrogen-bond donors (Lipinski definition) is 2. The average Bonchev–Trinajstić information content (AvgIpc) is 3.34. The van der Waals surface area contributed by atoms with E-state index in [2.05, 4.69) is 44.5 Å². The molecule has 0 bridgehead atoms. The van der Waals surface area contributed by atoms with Crippen molar-refractivity contribution in [1.29, 1.82) is 5.26 Å². The Balaban J connectivity index is 1.21. The number of alkyl halides is 3. The standard InChI is InChI=1S/C24H23F3N6S/c25-24(26,27)10-18-9-20-22(30-13-31-23(20)34-18)32-17-3-5-33(6-4-17)12-14-1-2-15-8-16(11-28)21(29)19(15)7-14/h1-2,7,9,13,17H,3-6,8,10,12,29H2,(H,30,31,32). The number of anilines is 1. The molecule has 176 valence electrons. The minimum Gasteiger partial charge on any atom is -0.397 e. The van der Waals surface area contributed by atoms with Gasteiger partial charge >= 0.3 is 6.18 Å². The highest BCUT2D eigenvalue weighted by atomic mass is 32.1. The third kappa shape index (κ3) is 4.72. The van der Waals surface area contributed by atoms with E-state index in [1.165, 1.54) is 11.9 Å². The maximum Gasteiger partial charge on any atom is 0.393 e. The molecule has 3 aromatic rings. The van der Waals surface area contributed by atoms with Gasteiger partial charge in [0.2, 0.25) is 0 Å². The van der Waals surface area contributed by atoms with Gasteiger partial charge in [-0.3, -0.25) is 4.90 Å².